The lowest BCUT2D eigenvalue weighted by Crippen LogP contribution is -2.71. The number of hydrogen-bond donors (Lipinski definition) is 10. The summed E-state index contributed by atoms with van der Waals surface area (Å²) in [5.74, 6) is 6.03. The van der Waals surface area contributed by atoms with Crippen LogP contribution in [0.25, 0.3) is 0 Å². The van der Waals surface area contributed by atoms with Crippen LogP contribution < -0.4 is 16.4 Å². The zero-order valence-electron chi connectivity index (χ0n) is 38.6. The fourth-order valence-electron chi connectivity index (χ4n) is 16.1. The van der Waals surface area contributed by atoms with E-state index in [-0.39, 0.29) is 80.6 Å². The van der Waals surface area contributed by atoms with Gasteiger partial charge in [0.05, 0.1) is 59.0 Å². The van der Waals surface area contributed by atoms with Crippen molar-refractivity contribution >= 4 is 5.78 Å². The van der Waals surface area contributed by atoms with Crippen molar-refractivity contribution in [1.29, 1.82) is 0 Å². The second kappa shape index (κ2) is 17.2. The minimum absolute atomic E-state index is 0.00589. The topological polar surface area (TPSA) is 218 Å². The van der Waals surface area contributed by atoms with E-state index in [4.69, 9.17) is 10.5 Å². The Morgan fingerprint density at radius 2 is 1.77 bits per heavy atom. The number of Topliss-reactive ketones (excluding diaryl/α,β-unsaturated/α-hetero) is 1. The van der Waals surface area contributed by atoms with Crippen LogP contribution in [0.15, 0.2) is 46.8 Å². The quantitative estimate of drug-likeness (QED) is 0.0994. The normalized spacial score (nSPS) is 46.5. The van der Waals surface area contributed by atoms with Gasteiger partial charge in [-0.25, -0.2) is 0 Å². The first-order valence-electron chi connectivity index (χ1n) is 25.0. The fraction of sp³-hybridized carbons (Fsp3) is 0.788. The first-order chi connectivity index (χ1) is 30.5. The minimum Gasteiger partial charge on any atom is -0.396 e. The van der Waals surface area contributed by atoms with Gasteiger partial charge in [0.1, 0.15) is 6.10 Å². The lowest BCUT2D eigenvalue weighted by molar-refractivity contribution is -0.216. The van der Waals surface area contributed by atoms with Crippen molar-refractivity contribution < 1.29 is 45.3 Å². The molecule has 19 atom stereocenters. The molecule has 354 valence electrons. The van der Waals surface area contributed by atoms with E-state index in [9.17, 15) is 35.7 Å². The summed E-state index contributed by atoms with van der Waals surface area (Å²) < 4.78 is 6.83. The highest BCUT2D eigenvalue weighted by Crippen LogP contribution is 2.76. The van der Waals surface area contributed by atoms with E-state index in [1.54, 1.807) is 13.8 Å². The molecular formula is C52H77N3O9. The second-order valence-corrected chi connectivity index (χ2v) is 22.4. The Bertz CT molecular complexity index is 2000. The molecule has 0 aromatic heterocycles. The molecule has 0 aromatic carbocycles. The van der Waals surface area contributed by atoms with Crippen LogP contribution in [0.4, 0.5) is 0 Å². The monoisotopic (exact) mass is 888 g/mol. The molecule has 10 aliphatic rings. The third-order valence-corrected chi connectivity index (χ3v) is 19.0. The minimum atomic E-state index is -1.71. The lowest BCUT2D eigenvalue weighted by atomic mass is 9.36. The Labute approximate surface area is 380 Å². The molecular weight excluding hydrogens is 811 g/mol. The van der Waals surface area contributed by atoms with Crippen molar-refractivity contribution in [2.75, 3.05) is 13.2 Å². The van der Waals surface area contributed by atoms with Crippen LogP contribution in [0, 0.1) is 69.5 Å². The maximum Gasteiger partial charge on any atom is 0.186 e. The number of hydrogen-bond acceptors (Lipinski definition) is 12. The van der Waals surface area contributed by atoms with Crippen LogP contribution in [0.2, 0.25) is 0 Å². The lowest BCUT2D eigenvalue weighted by Gasteiger charge is -2.68. The predicted octanol–water partition coefficient (Wildman–Crippen LogP) is 4.01. The van der Waals surface area contributed by atoms with Crippen LogP contribution in [0.1, 0.15) is 130 Å². The standard InChI is InChI=1S/C52H77N3O9/c1-5-9-31-11-15-34-30(3)45(64-39(34)17-12-31)47(61)48(4,62)40-19-22-52(63)43-42-33-14-13-32(35-16-18-41(53)55-36(35)10-8-23-56)24-51(42)27-38(59)37(58)26-50(51,21-7-6-20-49(40,52)25-33)46(60)44(43)54-28-29(2)57/h13-14,16,18,29-34,37-42,45,47,54-59,61-63H,5,8-12,15,17,19-28,53H2,1-4H3/t29-,30-,31+,32-,33-,34-,37+,38-,39+,40+,41?,42-,45+,47+,48+,49+,50-,51+,52+/m0/s1. The van der Waals surface area contributed by atoms with Gasteiger partial charge in [0, 0.05) is 43.0 Å². The summed E-state index contributed by atoms with van der Waals surface area (Å²) in [6.45, 7) is 7.86. The molecule has 0 aromatic rings. The number of allylic oxidation sites excluding steroid dienone is 6. The molecule has 64 heavy (non-hydrogen) atoms. The van der Waals surface area contributed by atoms with E-state index >= 15 is 4.79 Å². The molecule has 1 saturated heterocycles. The van der Waals surface area contributed by atoms with Gasteiger partial charge in [0.25, 0.3) is 0 Å². The number of nitrogens with two attached hydrogens (primary N) is 1. The Morgan fingerprint density at radius 1 is 1.02 bits per heavy atom. The Balaban J connectivity index is 1.20. The average molecular weight is 888 g/mol. The molecule has 6 bridgehead atoms. The number of aliphatic hydroxyl groups is 7. The summed E-state index contributed by atoms with van der Waals surface area (Å²) in [6.07, 6.45) is 12.7. The number of ketones is 1. The fourth-order valence-corrected chi connectivity index (χ4v) is 16.1. The van der Waals surface area contributed by atoms with Gasteiger partial charge in [-0.15, -0.1) is 11.8 Å². The molecule has 4 saturated carbocycles. The van der Waals surface area contributed by atoms with Gasteiger partial charge in [-0.2, -0.15) is 0 Å². The maximum atomic E-state index is 16.0. The summed E-state index contributed by atoms with van der Waals surface area (Å²) in [7, 11) is 0. The summed E-state index contributed by atoms with van der Waals surface area (Å²) in [6, 6.07) is 0. The number of ether oxygens (including phenoxy) is 1. The van der Waals surface area contributed by atoms with Crippen molar-refractivity contribution in [3.8, 4) is 11.8 Å². The maximum absolute atomic E-state index is 16.0. The number of rotatable bonds is 12. The van der Waals surface area contributed by atoms with E-state index in [1.807, 2.05) is 12.2 Å². The van der Waals surface area contributed by atoms with Crippen LogP contribution in [-0.2, 0) is 9.53 Å². The SMILES string of the molecule is CCC[C@@H]1CC[C@H]2[C@H](C)[C@H]([C@@H](O)[C@](C)(O)[C@H]3CC[C@@]4(O)C5=C(NC[C@H](C)O)C(=O)[C@@]67CC#CC[C@@]34C[C@@H]3C=C[C@H](C4=C(CCCO)NC(N)C=C4)C[C@@]6(C[C@H](O)[C@H](O)C7)[C@H]53)O[C@@H]2CC1. The molecule has 11 N–H and O–H groups in total. The second-order valence-electron chi connectivity index (χ2n) is 22.4. The van der Waals surface area contributed by atoms with E-state index in [0.29, 0.717) is 49.5 Å². The highest BCUT2D eigenvalue weighted by Gasteiger charge is 2.77. The number of carbonyl (C=O) groups excluding carboxylic acids is 1. The van der Waals surface area contributed by atoms with E-state index < -0.39 is 76.0 Å². The molecule has 12 heteroatoms. The van der Waals surface area contributed by atoms with Crippen LogP contribution in [-0.4, -0.2) is 109 Å². The largest absolute Gasteiger partial charge is 0.396 e. The Morgan fingerprint density at radius 3 is 2.52 bits per heavy atom. The predicted molar refractivity (Wildman–Crippen MR) is 242 cm³/mol. The first-order valence-corrected chi connectivity index (χ1v) is 25.0. The third-order valence-electron chi connectivity index (χ3n) is 19.0. The molecule has 1 unspecified atom stereocenters. The average Bonchev–Trinajstić information content (AvgIpc) is 3.57. The molecule has 0 radical (unpaired) electrons. The van der Waals surface area contributed by atoms with Gasteiger partial charge in [-0.05, 0) is 143 Å². The van der Waals surface area contributed by atoms with Crippen molar-refractivity contribution in [3.63, 3.8) is 0 Å². The van der Waals surface area contributed by atoms with E-state index in [0.717, 1.165) is 37.0 Å². The van der Waals surface area contributed by atoms with Gasteiger partial charge in [-0.1, -0.05) is 51.3 Å². The molecule has 3 spiro atoms. The van der Waals surface area contributed by atoms with Gasteiger partial charge < -0.3 is 56.8 Å². The smallest absolute Gasteiger partial charge is 0.186 e. The summed E-state index contributed by atoms with van der Waals surface area (Å²) in [5, 5.41) is 90.9. The van der Waals surface area contributed by atoms with Gasteiger partial charge in [0.2, 0.25) is 0 Å². The van der Waals surface area contributed by atoms with Crippen LogP contribution in [0.3, 0.4) is 0 Å². The van der Waals surface area contributed by atoms with E-state index in [1.165, 1.54) is 12.8 Å². The number of fused-ring (bicyclic) bond motifs is 4. The van der Waals surface area contributed by atoms with Crippen molar-refractivity contribution in [1.82, 2.24) is 10.6 Å². The molecule has 5 fully saturated rings. The first kappa shape index (κ1) is 46.5. The van der Waals surface area contributed by atoms with Crippen molar-refractivity contribution in [3.05, 3.63) is 46.8 Å². The zero-order chi connectivity index (χ0) is 45.6. The number of carbonyl (C=O) groups is 1. The highest BCUT2D eigenvalue weighted by molar-refractivity contribution is 6.03. The number of nitrogens with one attached hydrogen (secondary N) is 2. The molecule has 12 nitrogen and oxygen atoms in total. The number of dihydropyridines is 1. The van der Waals surface area contributed by atoms with Gasteiger partial charge >= 0.3 is 0 Å². The van der Waals surface area contributed by atoms with E-state index in [2.05, 4.69) is 48.5 Å². The third kappa shape index (κ3) is 6.99. The van der Waals surface area contributed by atoms with Crippen molar-refractivity contribution in [2.24, 2.45) is 63.4 Å². The molecule has 10 rings (SSSR count). The van der Waals surface area contributed by atoms with Crippen LogP contribution >= 0.6 is 0 Å². The summed E-state index contributed by atoms with van der Waals surface area (Å²) in [4.78, 5) is 16.0. The number of aliphatic hydroxyl groups excluding tert-OH is 5. The van der Waals surface area contributed by atoms with Crippen LogP contribution in [0.5, 0.6) is 0 Å². The summed E-state index contributed by atoms with van der Waals surface area (Å²) in [5.41, 5.74) is 2.42. The summed E-state index contributed by atoms with van der Waals surface area (Å²) >= 11 is 0. The molecule has 0 amide bonds. The Kier molecular flexibility index (Phi) is 12.5. The van der Waals surface area contributed by atoms with Gasteiger partial charge in [-0.3, -0.25) is 4.79 Å². The molecule has 2 heterocycles. The van der Waals surface area contributed by atoms with Gasteiger partial charge in [0.15, 0.2) is 5.78 Å². The highest BCUT2D eigenvalue weighted by atomic mass is 16.5. The molecule has 8 aliphatic carbocycles. The zero-order valence-corrected chi connectivity index (χ0v) is 38.6. The van der Waals surface area contributed by atoms with Crippen molar-refractivity contribution in [2.45, 2.75) is 184 Å². The Hall–Kier alpha value is -2.57. The molecule has 2 aliphatic heterocycles.